The molecule has 0 radical (unpaired) electrons. The van der Waals surface area contributed by atoms with Crippen molar-refractivity contribution in [2.75, 3.05) is 6.61 Å². The van der Waals surface area contributed by atoms with Gasteiger partial charge >= 0.3 is 0 Å². The Labute approximate surface area is 181 Å². The Kier molecular flexibility index (Phi) is 4.38. The molecule has 7 heteroatoms. The van der Waals surface area contributed by atoms with Crippen LogP contribution in [0.25, 0.3) is 0 Å². The van der Waals surface area contributed by atoms with Crippen molar-refractivity contribution in [2.45, 2.75) is 76.7 Å². The lowest BCUT2D eigenvalue weighted by Gasteiger charge is -2.60. The second-order valence-corrected chi connectivity index (χ2v) is 11.0. The molecule has 0 aromatic heterocycles. The molecule has 1 aliphatic heterocycles. The maximum atomic E-state index is 15.4. The second kappa shape index (κ2) is 6.34. The van der Waals surface area contributed by atoms with Crippen LogP contribution in [-0.4, -0.2) is 58.2 Å². The number of aliphatic hydroxyl groups excluding tert-OH is 2. The fraction of sp³-hybridized carbons (Fsp3) is 0.750. The summed E-state index contributed by atoms with van der Waals surface area (Å²) in [5.41, 5.74) is -2.50. The van der Waals surface area contributed by atoms with Gasteiger partial charge in [0.25, 0.3) is 0 Å². The summed E-state index contributed by atoms with van der Waals surface area (Å²) in [6, 6.07) is 0. The molecule has 4 fully saturated rings. The summed E-state index contributed by atoms with van der Waals surface area (Å²) in [7, 11) is 0. The highest BCUT2D eigenvalue weighted by Crippen LogP contribution is 2.70. The zero-order valence-corrected chi connectivity index (χ0v) is 18.4. The first-order valence-corrected chi connectivity index (χ1v) is 11.2. The van der Waals surface area contributed by atoms with E-state index in [0.717, 1.165) is 0 Å². The van der Waals surface area contributed by atoms with Gasteiger partial charge in [-0.25, -0.2) is 4.39 Å². The highest BCUT2D eigenvalue weighted by Gasteiger charge is 2.77. The number of hydrogen-bond donors (Lipinski definition) is 2. The summed E-state index contributed by atoms with van der Waals surface area (Å²) in [6.45, 7) is 6.65. The van der Waals surface area contributed by atoms with E-state index in [1.54, 1.807) is 19.9 Å². The van der Waals surface area contributed by atoms with Gasteiger partial charge in [0, 0.05) is 16.7 Å². The van der Waals surface area contributed by atoms with Gasteiger partial charge in [-0.15, -0.1) is 0 Å². The number of allylic oxidation sites excluding steroid dienone is 4. The van der Waals surface area contributed by atoms with E-state index in [1.807, 2.05) is 13.8 Å². The third-order valence-corrected chi connectivity index (χ3v) is 9.03. The lowest BCUT2D eigenvalue weighted by Crippen LogP contribution is -2.64. The number of ketones is 2. The van der Waals surface area contributed by atoms with Crippen LogP contribution in [0.4, 0.5) is 4.39 Å². The Morgan fingerprint density at radius 2 is 1.97 bits per heavy atom. The maximum Gasteiger partial charge on any atom is 0.193 e. The van der Waals surface area contributed by atoms with E-state index in [0.29, 0.717) is 12.0 Å². The molecule has 9 atom stereocenters. The first-order valence-electron chi connectivity index (χ1n) is 11.2. The first-order chi connectivity index (χ1) is 14.4. The van der Waals surface area contributed by atoms with Crippen molar-refractivity contribution < 1.29 is 33.7 Å². The van der Waals surface area contributed by atoms with Gasteiger partial charge in [0.15, 0.2) is 23.0 Å². The van der Waals surface area contributed by atoms with Crippen LogP contribution >= 0.6 is 0 Å². The number of Topliss-reactive ketones (excluding diaryl/α,β-unsaturated/α-hetero) is 1. The van der Waals surface area contributed by atoms with E-state index < -0.39 is 53.0 Å². The number of fused-ring (bicyclic) bond motifs is 7. The molecule has 6 nitrogen and oxygen atoms in total. The number of rotatable bonds is 2. The molecule has 1 saturated heterocycles. The molecule has 5 aliphatic rings. The highest BCUT2D eigenvalue weighted by molar-refractivity contribution is 6.01. The average molecular weight is 435 g/mol. The Bertz CT molecular complexity index is 910. The van der Waals surface area contributed by atoms with Crippen LogP contribution in [0, 0.1) is 28.6 Å². The van der Waals surface area contributed by atoms with Crippen LogP contribution in [0.3, 0.4) is 0 Å². The average Bonchev–Trinajstić information content (AvgIpc) is 3.08. The van der Waals surface area contributed by atoms with Crippen molar-refractivity contribution in [3.8, 4) is 0 Å². The van der Waals surface area contributed by atoms with E-state index in [-0.39, 0.29) is 36.4 Å². The Morgan fingerprint density at radius 1 is 1.26 bits per heavy atom. The number of halogens is 1. The Morgan fingerprint density at radius 3 is 2.65 bits per heavy atom. The number of hydrogen-bond acceptors (Lipinski definition) is 6. The highest BCUT2D eigenvalue weighted by atomic mass is 19.1. The molecular weight excluding hydrogens is 403 g/mol. The standard InChI is InChI=1S/C24H31FO6/c1-21(2)30-19-9-14-13-8-16(25)15-7-12(27)5-6-22(15,3)20(13)17(28)10-23(14,4)24(19,31-21)18(29)11-26/h5-7,13-14,16-17,19-20,26,28H,8-11H2,1-4H3/t13-,14-,16-,17+,19+,20+,22-,23-,24+/m0/s1. The second-order valence-electron chi connectivity index (χ2n) is 11.0. The van der Waals surface area contributed by atoms with Crippen LogP contribution in [0.2, 0.25) is 0 Å². The summed E-state index contributed by atoms with van der Waals surface area (Å²) in [4.78, 5) is 25.1. The molecule has 0 unspecified atom stereocenters. The van der Waals surface area contributed by atoms with Gasteiger partial charge in [0.05, 0.1) is 12.2 Å². The number of carbonyl (C=O) groups is 2. The van der Waals surface area contributed by atoms with E-state index in [9.17, 15) is 19.8 Å². The summed E-state index contributed by atoms with van der Waals surface area (Å²) in [6.07, 6.45) is 2.90. The third-order valence-electron chi connectivity index (χ3n) is 9.03. The molecule has 3 saturated carbocycles. The first kappa shape index (κ1) is 21.4. The molecule has 4 aliphatic carbocycles. The predicted octanol–water partition coefficient (Wildman–Crippen LogP) is 2.27. The molecule has 2 N–H and O–H groups in total. The summed E-state index contributed by atoms with van der Waals surface area (Å²) in [5.74, 6) is -2.28. The zero-order valence-electron chi connectivity index (χ0n) is 18.4. The molecule has 5 rings (SSSR count). The maximum absolute atomic E-state index is 15.4. The number of ether oxygens (including phenoxy) is 2. The van der Waals surface area contributed by atoms with Crippen molar-refractivity contribution in [2.24, 2.45) is 28.6 Å². The molecule has 170 valence electrons. The van der Waals surface area contributed by atoms with Crippen LogP contribution in [0.15, 0.2) is 23.8 Å². The fourth-order valence-corrected chi connectivity index (χ4v) is 8.05. The van der Waals surface area contributed by atoms with Crippen LogP contribution in [0.1, 0.15) is 47.0 Å². The fourth-order valence-electron chi connectivity index (χ4n) is 8.05. The van der Waals surface area contributed by atoms with Crippen molar-refractivity contribution in [3.05, 3.63) is 23.8 Å². The number of aliphatic hydroxyl groups is 2. The van der Waals surface area contributed by atoms with Gasteiger partial charge in [-0.3, -0.25) is 9.59 Å². The van der Waals surface area contributed by atoms with E-state index in [1.165, 1.54) is 12.2 Å². The topological polar surface area (TPSA) is 93.1 Å². The summed E-state index contributed by atoms with van der Waals surface area (Å²) >= 11 is 0. The van der Waals surface area contributed by atoms with Crippen molar-refractivity contribution in [1.82, 2.24) is 0 Å². The lowest BCUT2D eigenvalue weighted by molar-refractivity contribution is -0.226. The molecule has 0 amide bonds. The molecule has 0 aromatic carbocycles. The monoisotopic (exact) mass is 434 g/mol. The number of alkyl halides is 1. The predicted molar refractivity (Wildman–Crippen MR) is 109 cm³/mol. The number of carbonyl (C=O) groups excluding carboxylic acids is 2. The van der Waals surface area contributed by atoms with Crippen molar-refractivity contribution in [3.63, 3.8) is 0 Å². The van der Waals surface area contributed by atoms with Gasteiger partial charge in [-0.2, -0.15) is 0 Å². The smallest absolute Gasteiger partial charge is 0.193 e. The Hall–Kier alpha value is -1.41. The minimum atomic E-state index is -1.37. The van der Waals surface area contributed by atoms with Crippen LogP contribution in [0.5, 0.6) is 0 Å². The lowest BCUT2D eigenvalue weighted by atomic mass is 9.46. The summed E-state index contributed by atoms with van der Waals surface area (Å²) < 4.78 is 27.9. The molecule has 0 spiro atoms. The Balaban J connectivity index is 1.62. The minimum absolute atomic E-state index is 0.125. The van der Waals surface area contributed by atoms with Crippen molar-refractivity contribution in [1.29, 1.82) is 0 Å². The van der Waals surface area contributed by atoms with Gasteiger partial charge < -0.3 is 19.7 Å². The zero-order chi connectivity index (χ0) is 22.6. The molecule has 1 heterocycles. The van der Waals surface area contributed by atoms with Gasteiger partial charge in [-0.1, -0.05) is 19.9 Å². The van der Waals surface area contributed by atoms with E-state index in [2.05, 4.69) is 0 Å². The molecular formula is C24H31FO6. The normalized spacial score (nSPS) is 52.1. The SMILES string of the molecule is CC1(C)O[C@@H]2C[C@H]3[C@@H]4C[C@H](F)C5=CC(=O)C=C[C@]5(C)[C@H]4[C@H](O)C[C@]3(C)[C@]2(C(=O)CO)O1. The van der Waals surface area contributed by atoms with Gasteiger partial charge in [0.1, 0.15) is 12.8 Å². The quantitative estimate of drug-likeness (QED) is 0.693. The largest absolute Gasteiger partial charge is 0.393 e. The van der Waals surface area contributed by atoms with E-state index in [4.69, 9.17) is 9.47 Å². The van der Waals surface area contributed by atoms with Crippen LogP contribution in [-0.2, 0) is 19.1 Å². The third kappa shape index (κ3) is 2.52. The minimum Gasteiger partial charge on any atom is -0.393 e. The molecule has 31 heavy (non-hydrogen) atoms. The summed E-state index contributed by atoms with van der Waals surface area (Å²) in [5, 5.41) is 21.3. The van der Waals surface area contributed by atoms with E-state index >= 15 is 4.39 Å². The van der Waals surface area contributed by atoms with Gasteiger partial charge in [0.2, 0.25) is 0 Å². The van der Waals surface area contributed by atoms with Crippen molar-refractivity contribution >= 4 is 11.6 Å². The van der Waals surface area contributed by atoms with Crippen LogP contribution < -0.4 is 0 Å². The van der Waals surface area contributed by atoms with Gasteiger partial charge in [-0.05, 0) is 62.7 Å². The molecule has 0 aromatic rings. The molecule has 0 bridgehead atoms.